The molecule has 0 aliphatic heterocycles. The molecule has 0 aromatic heterocycles. The average molecular weight is 475 g/mol. The molecule has 5 rings (SSSR count). The van der Waals surface area contributed by atoms with Crippen LogP contribution in [0.25, 0.3) is 0 Å². The topological polar surface area (TPSA) is 130 Å². The van der Waals surface area contributed by atoms with Gasteiger partial charge in [0.15, 0.2) is 22.9 Å². The van der Waals surface area contributed by atoms with Crippen molar-refractivity contribution in [3.63, 3.8) is 0 Å². The molecule has 34 heavy (non-hydrogen) atoms. The molecule has 8 atom stereocenters. The molecule has 0 amide bonds. The maximum absolute atomic E-state index is 14.3. The minimum Gasteiger partial charge on any atom is -0.468 e. The number of allylic oxidation sites excluding steroid dienone is 1. The summed E-state index contributed by atoms with van der Waals surface area (Å²) in [5.41, 5.74) is -4.59. The standard InChI is InChI=1S/C26H34O8/c1-12-10-25-13(2)8-16-17(23(16,3)4)15(19(25)29)9-14(11-27)18(28)26(25,32)20(12)34-22(31)24(6-7-24)21(30)33-5/h9-10,13,15-18,20,27-28,32H,6-8,11H2,1-5H3/t13-,15?,16?,17?,18?,20?,25?,26?/m1/s1. The molecule has 7 unspecified atom stereocenters. The summed E-state index contributed by atoms with van der Waals surface area (Å²) in [7, 11) is 1.20. The number of fused-ring (bicyclic) bond motifs is 3. The van der Waals surface area contributed by atoms with Gasteiger partial charge in [-0.25, -0.2) is 0 Å². The molecule has 8 heteroatoms. The zero-order valence-corrected chi connectivity index (χ0v) is 20.3. The number of carbonyl (C=O) groups is 3. The van der Waals surface area contributed by atoms with Crippen molar-refractivity contribution in [3.8, 4) is 0 Å². The molecular weight excluding hydrogens is 440 g/mol. The van der Waals surface area contributed by atoms with E-state index in [2.05, 4.69) is 13.8 Å². The van der Waals surface area contributed by atoms with Gasteiger partial charge in [-0.15, -0.1) is 0 Å². The molecule has 186 valence electrons. The Bertz CT molecular complexity index is 1040. The molecule has 0 heterocycles. The smallest absolute Gasteiger partial charge is 0.324 e. The lowest BCUT2D eigenvalue weighted by atomic mass is 9.59. The second kappa shape index (κ2) is 7.02. The second-order valence-corrected chi connectivity index (χ2v) is 11.7. The quantitative estimate of drug-likeness (QED) is 0.316. The second-order valence-electron chi connectivity index (χ2n) is 11.7. The molecule has 0 radical (unpaired) electrons. The largest absolute Gasteiger partial charge is 0.468 e. The minimum atomic E-state index is -2.21. The van der Waals surface area contributed by atoms with Crippen LogP contribution in [0.2, 0.25) is 0 Å². The van der Waals surface area contributed by atoms with Gasteiger partial charge in [0, 0.05) is 5.92 Å². The molecule has 0 aromatic carbocycles. The third-order valence-corrected chi connectivity index (χ3v) is 9.84. The van der Waals surface area contributed by atoms with Crippen molar-refractivity contribution >= 4 is 17.7 Å². The summed E-state index contributed by atoms with van der Waals surface area (Å²) in [6, 6.07) is 0. The molecule has 5 aliphatic rings. The zero-order valence-electron chi connectivity index (χ0n) is 20.3. The Morgan fingerprint density at radius 2 is 1.85 bits per heavy atom. The third kappa shape index (κ3) is 2.57. The van der Waals surface area contributed by atoms with Gasteiger partial charge in [0.2, 0.25) is 0 Å². The van der Waals surface area contributed by atoms with Gasteiger partial charge in [-0.1, -0.05) is 32.9 Å². The number of hydrogen-bond acceptors (Lipinski definition) is 8. The number of esters is 2. The maximum atomic E-state index is 14.3. The van der Waals surface area contributed by atoms with Gasteiger partial charge in [-0.3, -0.25) is 14.4 Å². The van der Waals surface area contributed by atoms with Crippen LogP contribution in [0, 0.1) is 39.9 Å². The van der Waals surface area contributed by atoms with E-state index >= 15 is 0 Å². The number of ketones is 1. The van der Waals surface area contributed by atoms with Crippen molar-refractivity contribution in [2.24, 2.45) is 39.9 Å². The normalized spacial score (nSPS) is 45.0. The highest BCUT2D eigenvalue weighted by Crippen LogP contribution is 2.71. The van der Waals surface area contributed by atoms with Crippen LogP contribution >= 0.6 is 0 Å². The number of carbonyl (C=O) groups excluding carboxylic acids is 3. The lowest BCUT2D eigenvalue weighted by molar-refractivity contribution is -0.207. The first-order valence-corrected chi connectivity index (χ1v) is 12.1. The van der Waals surface area contributed by atoms with Crippen molar-refractivity contribution in [2.75, 3.05) is 13.7 Å². The number of Topliss-reactive ketones (excluding diaryl/α,β-unsaturated/α-hetero) is 1. The fraction of sp³-hybridized carbons (Fsp3) is 0.731. The summed E-state index contributed by atoms with van der Waals surface area (Å²) < 4.78 is 10.6. The Morgan fingerprint density at radius 3 is 2.41 bits per heavy atom. The van der Waals surface area contributed by atoms with Crippen LogP contribution < -0.4 is 0 Å². The molecule has 5 aliphatic carbocycles. The summed E-state index contributed by atoms with van der Waals surface area (Å²) in [5.74, 6) is -2.35. The van der Waals surface area contributed by atoms with Crippen LogP contribution in [-0.2, 0) is 23.9 Å². The van der Waals surface area contributed by atoms with Crippen molar-refractivity contribution < 1.29 is 39.2 Å². The Hall–Kier alpha value is -2.03. The maximum Gasteiger partial charge on any atom is 0.324 e. The summed E-state index contributed by atoms with van der Waals surface area (Å²) >= 11 is 0. The molecule has 1 spiro atoms. The van der Waals surface area contributed by atoms with Crippen molar-refractivity contribution in [2.45, 2.75) is 64.8 Å². The molecule has 8 nitrogen and oxygen atoms in total. The van der Waals surface area contributed by atoms with Gasteiger partial charge in [-0.05, 0) is 60.5 Å². The summed E-state index contributed by atoms with van der Waals surface area (Å²) in [4.78, 5) is 39.7. The number of aliphatic hydroxyl groups excluding tert-OH is 2. The molecule has 3 saturated carbocycles. The van der Waals surface area contributed by atoms with Gasteiger partial charge >= 0.3 is 11.9 Å². The minimum absolute atomic E-state index is 0.0438. The van der Waals surface area contributed by atoms with Gasteiger partial charge in [0.05, 0.1) is 19.1 Å². The van der Waals surface area contributed by atoms with E-state index in [1.165, 1.54) is 7.11 Å². The Balaban J connectivity index is 1.62. The third-order valence-electron chi connectivity index (χ3n) is 9.84. The van der Waals surface area contributed by atoms with E-state index < -0.39 is 53.1 Å². The van der Waals surface area contributed by atoms with Crippen LogP contribution in [-0.4, -0.2) is 64.6 Å². The highest BCUT2D eigenvalue weighted by Gasteiger charge is 2.77. The van der Waals surface area contributed by atoms with Crippen molar-refractivity contribution in [1.29, 1.82) is 0 Å². The predicted octanol–water partition coefficient (Wildman–Crippen LogP) is 1.32. The number of rotatable bonds is 4. The highest BCUT2D eigenvalue weighted by atomic mass is 16.6. The van der Waals surface area contributed by atoms with E-state index in [1.807, 2.05) is 6.92 Å². The first-order chi connectivity index (χ1) is 15.8. The SMILES string of the molecule is COC(=O)C1(C(=O)OC2C(C)=CC34C(=O)C(C=C(CO)C(O)C23O)C2C(C[C@H]4C)C2(C)C)CC1. The Morgan fingerprint density at radius 1 is 1.21 bits per heavy atom. The highest BCUT2D eigenvalue weighted by molar-refractivity contribution is 6.03. The van der Waals surface area contributed by atoms with E-state index in [9.17, 15) is 29.7 Å². The zero-order chi connectivity index (χ0) is 25.0. The van der Waals surface area contributed by atoms with Gasteiger partial charge in [0.25, 0.3) is 0 Å². The average Bonchev–Trinajstić information content (AvgIpc) is 3.68. The molecule has 3 N–H and O–H groups in total. The Kier molecular flexibility index (Phi) is 4.89. The number of hydrogen-bond donors (Lipinski definition) is 3. The predicted molar refractivity (Wildman–Crippen MR) is 119 cm³/mol. The summed E-state index contributed by atoms with van der Waals surface area (Å²) in [6.07, 6.45) is 1.56. The molecule has 0 aromatic rings. The van der Waals surface area contributed by atoms with Gasteiger partial charge < -0.3 is 24.8 Å². The summed E-state index contributed by atoms with van der Waals surface area (Å²) in [5, 5.41) is 34.0. The first kappa shape index (κ1) is 23.7. The fourth-order valence-electron chi connectivity index (χ4n) is 7.63. The van der Waals surface area contributed by atoms with E-state index in [-0.39, 0.29) is 47.4 Å². The lowest BCUT2D eigenvalue weighted by Crippen LogP contribution is -2.66. The number of aliphatic hydroxyl groups is 3. The number of ether oxygens (including phenoxy) is 2. The van der Waals surface area contributed by atoms with Crippen LogP contribution in [0.3, 0.4) is 0 Å². The summed E-state index contributed by atoms with van der Waals surface area (Å²) in [6.45, 7) is 7.28. The first-order valence-electron chi connectivity index (χ1n) is 12.1. The van der Waals surface area contributed by atoms with E-state index in [0.717, 1.165) is 0 Å². The fourth-order valence-corrected chi connectivity index (χ4v) is 7.63. The van der Waals surface area contributed by atoms with Crippen molar-refractivity contribution in [1.82, 2.24) is 0 Å². The lowest BCUT2D eigenvalue weighted by Gasteiger charge is -2.49. The van der Waals surface area contributed by atoms with Crippen molar-refractivity contribution in [3.05, 3.63) is 23.3 Å². The molecule has 0 saturated heterocycles. The van der Waals surface area contributed by atoms with Crippen LogP contribution in [0.15, 0.2) is 23.3 Å². The van der Waals surface area contributed by atoms with Gasteiger partial charge in [-0.2, -0.15) is 0 Å². The van der Waals surface area contributed by atoms with E-state index in [1.54, 1.807) is 19.1 Å². The van der Waals surface area contributed by atoms with Gasteiger partial charge in [0.1, 0.15) is 6.10 Å². The van der Waals surface area contributed by atoms with Crippen LogP contribution in [0.5, 0.6) is 0 Å². The molecular formula is C26H34O8. The monoisotopic (exact) mass is 474 g/mol. The van der Waals surface area contributed by atoms with E-state index in [4.69, 9.17) is 9.47 Å². The van der Waals surface area contributed by atoms with Crippen LogP contribution in [0.4, 0.5) is 0 Å². The number of methoxy groups -OCH3 is 1. The molecule has 2 bridgehead atoms. The van der Waals surface area contributed by atoms with Crippen LogP contribution in [0.1, 0.15) is 47.0 Å². The van der Waals surface area contributed by atoms with E-state index in [0.29, 0.717) is 12.0 Å². The Labute approximate surface area is 199 Å². The molecule has 3 fully saturated rings.